The van der Waals surface area contributed by atoms with Gasteiger partial charge in [-0.25, -0.2) is 0 Å². The number of nitrogens with zero attached hydrogens (tertiary/aromatic N) is 1. The summed E-state index contributed by atoms with van der Waals surface area (Å²) in [7, 11) is 3.21. The van der Waals surface area contributed by atoms with Gasteiger partial charge in [-0.3, -0.25) is 9.69 Å². The number of benzene rings is 2. The van der Waals surface area contributed by atoms with Crippen LogP contribution in [-0.2, 0) is 11.3 Å². The summed E-state index contributed by atoms with van der Waals surface area (Å²) < 4.78 is 17.0. The van der Waals surface area contributed by atoms with Crippen molar-refractivity contribution in [2.45, 2.75) is 12.6 Å². The third-order valence-corrected chi connectivity index (χ3v) is 4.18. The highest BCUT2D eigenvalue weighted by molar-refractivity contribution is 5.69. The first-order valence-corrected chi connectivity index (χ1v) is 8.01. The zero-order valence-corrected chi connectivity index (χ0v) is 14.3. The quantitative estimate of drug-likeness (QED) is 0.900. The van der Waals surface area contributed by atoms with Gasteiger partial charge in [-0.05, 0) is 23.8 Å². The van der Waals surface area contributed by atoms with Gasteiger partial charge >= 0.3 is 5.97 Å². The van der Waals surface area contributed by atoms with Crippen molar-refractivity contribution in [3.63, 3.8) is 0 Å². The average molecular weight is 343 g/mol. The lowest BCUT2D eigenvalue weighted by atomic mass is 10.1. The highest BCUT2D eigenvalue weighted by atomic mass is 16.5. The Morgan fingerprint density at radius 1 is 1.24 bits per heavy atom. The standard InChI is InChI=1S/C19H21NO5/c1-23-15-7-3-5-13(9-15)17-11-20(12-18(21)22)10-14-6-4-8-16(24-2)19(14)25-17/h3-9,17H,10-12H2,1-2H3,(H,21,22). The Hall–Kier alpha value is -2.73. The lowest BCUT2D eigenvalue weighted by Gasteiger charge is -2.23. The largest absolute Gasteiger partial charge is 0.497 e. The molecule has 0 spiro atoms. The summed E-state index contributed by atoms with van der Waals surface area (Å²) >= 11 is 0. The summed E-state index contributed by atoms with van der Waals surface area (Å²) in [5, 5.41) is 9.22. The lowest BCUT2D eigenvalue weighted by molar-refractivity contribution is -0.138. The normalized spacial score (nSPS) is 17.1. The van der Waals surface area contributed by atoms with Gasteiger partial charge in [-0.1, -0.05) is 24.3 Å². The van der Waals surface area contributed by atoms with Crippen molar-refractivity contribution in [2.24, 2.45) is 0 Å². The Morgan fingerprint density at radius 2 is 2.04 bits per heavy atom. The summed E-state index contributed by atoms with van der Waals surface area (Å²) in [4.78, 5) is 13.1. The Kier molecular flexibility index (Phi) is 5.09. The maximum Gasteiger partial charge on any atom is 0.317 e. The molecule has 1 unspecified atom stereocenters. The monoisotopic (exact) mass is 343 g/mol. The smallest absolute Gasteiger partial charge is 0.317 e. The molecule has 0 aromatic heterocycles. The predicted molar refractivity (Wildman–Crippen MR) is 92.3 cm³/mol. The Labute approximate surface area is 146 Å². The molecule has 0 saturated carbocycles. The molecule has 2 aromatic carbocycles. The molecule has 0 bridgehead atoms. The molecule has 6 nitrogen and oxygen atoms in total. The van der Waals surface area contributed by atoms with Crippen molar-refractivity contribution >= 4 is 5.97 Å². The maximum atomic E-state index is 11.2. The third kappa shape index (κ3) is 3.85. The summed E-state index contributed by atoms with van der Waals surface area (Å²) in [6.45, 7) is 0.886. The first-order valence-electron chi connectivity index (χ1n) is 8.01. The van der Waals surface area contributed by atoms with Crippen LogP contribution in [0.15, 0.2) is 42.5 Å². The molecule has 132 valence electrons. The number of ether oxygens (including phenoxy) is 3. The van der Waals surface area contributed by atoms with Gasteiger partial charge in [-0.2, -0.15) is 0 Å². The number of fused-ring (bicyclic) bond motifs is 1. The molecule has 1 atom stereocenters. The van der Waals surface area contributed by atoms with Crippen molar-refractivity contribution in [3.05, 3.63) is 53.6 Å². The van der Waals surface area contributed by atoms with Crippen molar-refractivity contribution < 1.29 is 24.1 Å². The number of carbonyl (C=O) groups is 1. The second kappa shape index (κ2) is 7.44. The Morgan fingerprint density at radius 3 is 2.76 bits per heavy atom. The minimum atomic E-state index is -0.865. The molecule has 6 heteroatoms. The van der Waals surface area contributed by atoms with Crippen LogP contribution >= 0.6 is 0 Å². The van der Waals surface area contributed by atoms with E-state index in [-0.39, 0.29) is 12.6 Å². The van der Waals surface area contributed by atoms with Gasteiger partial charge in [0.1, 0.15) is 11.9 Å². The fourth-order valence-electron chi connectivity index (χ4n) is 3.03. The van der Waals surface area contributed by atoms with Crippen LogP contribution in [0.25, 0.3) is 0 Å². The molecular formula is C19H21NO5. The van der Waals surface area contributed by atoms with Crippen LogP contribution in [0.4, 0.5) is 0 Å². The molecule has 0 fully saturated rings. The molecule has 0 radical (unpaired) electrons. The van der Waals surface area contributed by atoms with Gasteiger partial charge in [0, 0.05) is 18.7 Å². The topological polar surface area (TPSA) is 68.2 Å². The molecule has 1 N–H and O–H groups in total. The summed E-state index contributed by atoms with van der Waals surface area (Å²) in [6.07, 6.45) is -0.327. The van der Waals surface area contributed by atoms with Crippen LogP contribution in [-0.4, -0.2) is 43.3 Å². The van der Waals surface area contributed by atoms with E-state index in [1.54, 1.807) is 14.2 Å². The number of carboxylic acid groups (broad SMARTS) is 1. The third-order valence-electron chi connectivity index (χ3n) is 4.18. The van der Waals surface area contributed by atoms with E-state index in [0.717, 1.165) is 16.9 Å². The minimum absolute atomic E-state index is 0.0551. The summed E-state index contributed by atoms with van der Waals surface area (Å²) in [6, 6.07) is 13.3. The number of rotatable bonds is 5. The SMILES string of the molecule is COc1cccc(C2CN(CC(=O)O)Cc3cccc(OC)c3O2)c1. The van der Waals surface area contributed by atoms with Crippen LogP contribution in [0.3, 0.4) is 0 Å². The molecular weight excluding hydrogens is 322 g/mol. The van der Waals surface area contributed by atoms with Crippen molar-refractivity contribution in [1.82, 2.24) is 4.90 Å². The number of para-hydroxylation sites is 1. The first-order chi connectivity index (χ1) is 12.1. The van der Waals surface area contributed by atoms with E-state index in [1.165, 1.54) is 0 Å². The molecule has 25 heavy (non-hydrogen) atoms. The second-order valence-corrected chi connectivity index (χ2v) is 5.89. The summed E-state index contributed by atoms with van der Waals surface area (Å²) in [5.41, 5.74) is 1.83. The number of methoxy groups -OCH3 is 2. The number of carboxylic acids is 1. The highest BCUT2D eigenvalue weighted by Gasteiger charge is 2.27. The zero-order chi connectivity index (χ0) is 17.8. The van der Waals surface area contributed by atoms with E-state index < -0.39 is 5.97 Å². The molecule has 0 amide bonds. The van der Waals surface area contributed by atoms with E-state index in [9.17, 15) is 9.90 Å². The van der Waals surface area contributed by atoms with E-state index >= 15 is 0 Å². The molecule has 3 rings (SSSR count). The van der Waals surface area contributed by atoms with Gasteiger partial charge in [0.15, 0.2) is 11.5 Å². The molecule has 1 aliphatic heterocycles. The van der Waals surface area contributed by atoms with E-state index in [2.05, 4.69) is 0 Å². The van der Waals surface area contributed by atoms with Crippen molar-refractivity contribution in [3.8, 4) is 17.2 Å². The number of aliphatic carboxylic acids is 1. The van der Waals surface area contributed by atoms with E-state index in [1.807, 2.05) is 47.4 Å². The van der Waals surface area contributed by atoms with Gasteiger partial charge in [0.05, 0.1) is 20.8 Å². The van der Waals surface area contributed by atoms with Crippen molar-refractivity contribution in [1.29, 1.82) is 0 Å². The van der Waals surface area contributed by atoms with E-state index in [0.29, 0.717) is 24.6 Å². The molecule has 0 aliphatic carbocycles. The van der Waals surface area contributed by atoms with Crippen LogP contribution in [0.1, 0.15) is 17.2 Å². The van der Waals surface area contributed by atoms with Crippen molar-refractivity contribution in [2.75, 3.05) is 27.3 Å². The van der Waals surface area contributed by atoms with Crippen LogP contribution < -0.4 is 14.2 Å². The Balaban J connectivity index is 2.00. The summed E-state index contributed by atoms with van der Waals surface area (Å²) in [5.74, 6) is 1.17. The molecule has 1 aliphatic rings. The fraction of sp³-hybridized carbons (Fsp3) is 0.316. The van der Waals surface area contributed by atoms with Crippen LogP contribution in [0.5, 0.6) is 17.2 Å². The van der Waals surface area contributed by atoms with E-state index in [4.69, 9.17) is 14.2 Å². The van der Waals surface area contributed by atoms with Gasteiger partial charge in [0.2, 0.25) is 0 Å². The average Bonchev–Trinajstić information content (AvgIpc) is 2.80. The Bertz CT molecular complexity index is 761. The fourth-order valence-corrected chi connectivity index (χ4v) is 3.03. The van der Waals surface area contributed by atoms with Gasteiger partial charge < -0.3 is 19.3 Å². The van der Waals surface area contributed by atoms with Gasteiger partial charge in [0.25, 0.3) is 0 Å². The second-order valence-electron chi connectivity index (χ2n) is 5.89. The minimum Gasteiger partial charge on any atom is -0.497 e. The highest BCUT2D eigenvalue weighted by Crippen LogP contribution is 2.38. The van der Waals surface area contributed by atoms with Crippen LogP contribution in [0.2, 0.25) is 0 Å². The molecule has 0 saturated heterocycles. The molecule has 1 heterocycles. The zero-order valence-electron chi connectivity index (χ0n) is 14.3. The maximum absolute atomic E-state index is 11.2. The number of hydrogen-bond acceptors (Lipinski definition) is 5. The van der Waals surface area contributed by atoms with Crippen LogP contribution in [0, 0.1) is 0 Å². The van der Waals surface area contributed by atoms with Gasteiger partial charge in [-0.15, -0.1) is 0 Å². The first kappa shape index (κ1) is 17.1. The molecule has 2 aromatic rings. The lowest BCUT2D eigenvalue weighted by Crippen LogP contribution is -2.32. The predicted octanol–water partition coefficient (Wildman–Crippen LogP) is 2.72. The number of hydrogen-bond donors (Lipinski definition) is 1.